The Hall–Kier alpha value is -2.41. The number of carbonyl (C=O) groups excluding carboxylic acids is 1. The van der Waals surface area contributed by atoms with Gasteiger partial charge in [0, 0.05) is 10.1 Å². The first-order chi connectivity index (χ1) is 9.41. The predicted molar refractivity (Wildman–Crippen MR) is 74.5 cm³/mol. The Morgan fingerprint density at radius 3 is 2.70 bits per heavy atom. The molecule has 2 rings (SSSR count). The van der Waals surface area contributed by atoms with Gasteiger partial charge in [0.2, 0.25) is 4.74 Å². The average Bonchev–Trinajstić information content (AvgIpc) is 2.38. The third-order valence-corrected chi connectivity index (χ3v) is 3.87. The van der Waals surface area contributed by atoms with Crippen LogP contribution in [0.1, 0.15) is 15.9 Å². The number of carbonyl (C=O) groups is 2. The van der Waals surface area contributed by atoms with Crippen LogP contribution in [0.25, 0.3) is 10.1 Å². The van der Waals surface area contributed by atoms with Crippen LogP contribution >= 0.6 is 11.3 Å². The van der Waals surface area contributed by atoms with E-state index in [1.165, 1.54) is 0 Å². The molecule has 3 N–H and O–H groups in total. The summed E-state index contributed by atoms with van der Waals surface area (Å²) in [5, 5.41) is 21.1. The maximum atomic E-state index is 11.9. The van der Waals surface area contributed by atoms with Gasteiger partial charge in [0.15, 0.2) is 0 Å². The Kier molecular flexibility index (Phi) is 3.71. The van der Waals surface area contributed by atoms with Crippen LogP contribution < -0.4 is 10.1 Å². The fraction of sp³-hybridized carbons (Fsp3) is 0.154. The third-order valence-electron chi connectivity index (χ3n) is 2.73. The molecule has 1 aromatic heterocycles. The highest BCUT2D eigenvalue weighted by Gasteiger charge is 2.20. The molecule has 6 nitrogen and oxygen atoms in total. The minimum Gasteiger partial charge on any atom is -0.506 e. The quantitative estimate of drug-likeness (QED) is 0.786. The zero-order chi connectivity index (χ0) is 14.9. The highest BCUT2D eigenvalue weighted by atomic mass is 32.1. The molecule has 0 bridgehead atoms. The van der Waals surface area contributed by atoms with Crippen molar-refractivity contribution in [2.45, 2.75) is 6.92 Å². The Bertz CT molecular complexity index is 765. The lowest BCUT2D eigenvalue weighted by molar-refractivity contribution is -0.135. The number of hydrogen-bond donors (Lipinski definition) is 3. The first kappa shape index (κ1) is 14.0. The summed E-state index contributed by atoms with van der Waals surface area (Å²) in [7, 11) is 0. The van der Waals surface area contributed by atoms with E-state index in [4.69, 9.17) is 5.11 Å². The minimum atomic E-state index is -1.23. The summed E-state index contributed by atoms with van der Waals surface area (Å²) in [4.78, 5) is 34.1. The molecule has 0 aliphatic carbocycles. The largest absolute Gasteiger partial charge is 0.506 e. The Morgan fingerprint density at radius 2 is 2.05 bits per heavy atom. The maximum Gasteiger partial charge on any atom is 0.322 e. The second kappa shape index (κ2) is 5.30. The molecule has 0 saturated heterocycles. The van der Waals surface area contributed by atoms with Crippen LogP contribution in [0.5, 0.6) is 5.75 Å². The SMILES string of the molecule is Cc1cccc2c(O)c(C(=O)NCC(=O)O)c(=O)sc12. The van der Waals surface area contributed by atoms with Gasteiger partial charge in [-0.05, 0) is 18.6 Å². The molecule has 1 amide bonds. The Morgan fingerprint density at radius 1 is 1.35 bits per heavy atom. The van der Waals surface area contributed by atoms with Crippen molar-refractivity contribution in [2.24, 2.45) is 0 Å². The number of aromatic hydroxyl groups is 1. The predicted octanol–water partition coefficient (Wildman–Crippen LogP) is 1.09. The summed E-state index contributed by atoms with van der Waals surface area (Å²) in [5.41, 5.74) is 0.395. The van der Waals surface area contributed by atoms with E-state index in [2.05, 4.69) is 5.32 Å². The van der Waals surface area contributed by atoms with E-state index >= 15 is 0 Å². The maximum absolute atomic E-state index is 11.9. The lowest BCUT2D eigenvalue weighted by Crippen LogP contribution is -2.32. The zero-order valence-electron chi connectivity index (χ0n) is 10.5. The molecule has 0 atom stereocenters. The van der Waals surface area contributed by atoms with Crippen molar-refractivity contribution >= 4 is 33.3 Å². The second-order valence-corrected chi connectivity index (χ2v) is 5.12. The molecule has 0 aliphatic heterocycles. The molecule has 1 heterocycles. The lowest BCUT2D eigenvalue weighted by atomic mass is 10.1. The van der Waals surface area contributed by atoms with E-state index in [9.17, 15) is 19.5 Å². The zero-order valence-corrected chi connectivity index (χ0v) is 11.3. The number of carboxylic acids is 1. The Balaban J connectivity index is 2.58. The number of carboxylic acid groups (broad SMARTS) is 1. The minimum absolute atomic E-state index is 0.398. The molecule has 1 aromatic carbocycles. The summed E-state index contributed by atoms with van der Waals surface area (Å²) < 4.78 is -0.00280. The van der Waals surface area contributed by atoms with Gasteiger partial charge in [-0.3, -0.25) is 14.4 Å². The third kappa shape index (κ3) is 2.48. The number of benzene rings is 1. The number of nitrogens with one attached hydrogen (secondary N) is 1. The fourth-order valence-corrected chi connectivity index (χ4v) is 2.77. The molecule has 104 valence electrons. The average molecular weight is 293 g/mol. The van der Waals surface area contributed by atoms with Crippen molar-refractivity contribution in [3.05, 3.63) is 38.9 Å². The number of rotatable bonds is 3. The van der Waals surface area contributed by atoms with Crippen molar-refractivity contribution in [2.75, 3.05) is 6.54 Å². The second-order valence-electron chi connectivity index (χ2n) is 4.14. The summed E-state index contributed by atoms with van der Waals surface area (Å²) in [5.74, 6) is -2.55. The summed E-state index contributed by atoms with van der Waals surface area (Å²) >= 11 is 0.848. The summed E-state index contributed by atoms with van der Waals surface area (Å²) in [6.45, 7) is 1.18. The number of aryl methyl sites for hydroxylation is 1. The van der Waals surface area contributed by atoms with E-state index in [1.54, 1.807) is 25.1 Å². The highest BCUT2D eigenvalue weighted by Crippen LogP contribution is 2.30. The van der Waals surface area contributed by atoms with E-state index in [1.807, 2.05) is 0 Å². The van der Waals surface area contributed by atoms with E-state index in [0.717, 1.165) is 16.9 Å². The van der Waals surface area contributed by atoms with Crippen molar-refractivity contribution in [3.63, 3.8) is 0 Å². The number of aliphatic carboxylic acids is 1. The molecular weight excluding hydrogens is 282 g/mol. The summed E-state index contributed by atoms with van der Waals surface area (Å²) in [6.07, 6.45) is 0. The van der Waals surface area contributed by atoms with Crippen LogP contribution in [0, 0.1) is 6.92 Å². The van der Waals surface area contributed by atoms with Gasteiger partial charge in [0.25, 0.3) is 5.91 Å². The van der Waals surface area contributed by atoms with Gasteiger partial charge >= 0.3 is 5.97 Å². The van der Waals surface area contributed by atoms with Crippen LogP contribution in [0.3, 0.4) is 0 Å². The molecule has 20 heavy (non-hydrogen) atoms. The number of fused-ring (bicyclic) bond motifs is 1. The van der Waals surface area contributed by atoms with Gasteiger partial charge in [0.1, 0.15) is 17.9 Å². The van der Waals surface area contributed by atoms with Crippen LogP contribution in [0.2, 0.25) is 0 Å². The van der Waals surface area contributed by atoms with Gasteiger partial charge in [-0.2, -0.15) is 0 Å². The molecule has 2 aromatic rings. The number of amides is 1. The molecule has 0 radical (unpaired) electrons. The van der Waals surface area contributed by atoms with Crippen LogP contribution in [0.4, 0.5) is 0 Å². The van der Waals surface area contributed by atoms with Crippen molar-refractivity contribution in [3.8, 4) is 5.75 Å². The molecule has 0 saturated carbocycles. The molecule has 0 aliphatic rings. The van der Waals surface area contributed by atoms with Crippen LogP contribution in [-0.4, -0.2) is 28.6 Å². The molecule has 0 unspecified atom stereocenters. The van der Waals surface area contributed by atoms with Gasteiger partial charge in [-0.1, -0.05) is 23.5 Å². The molecule has 0 fully saturated rings. The summed E-state index contributed by atoms with van der Waals surface area (Å²) in [6, 6.07) is 5.09. The van der Waals surface area contributed by atoms with Crippen LogP contribution in [-0.2, 0) is 4.79 Å². The van der Waals surface area contributed by atoms with Gasteiger partial charge < -0.3 is 15.5 Å². The van der Waals surface area contributed by atoms with Crippen molar-refractivity contribution in [1.29, 1.82) is 0 Å². The van der Waals surface area contributed by atoms with Crippen molar-refractivity contribution in [1.82, 2.24) is 5.32 Å². The molecule has 0 spiro atoms. The monoisotopic (exact) mass is 293 g/mol. The van der Waals surface area contributed by atoms with Gasteiger partial charge in [0.05, 0.1) is 0 Å². The smallest absolute Gasteiger partial charge is 0.322 e. The molecule has 7 heteroatoms. The topological polar surface area (TPSA) is 104 Å². The first-order valence-electron chi connectivity index (χ1n) is 5.67. The first-order valence-corrected chi connectivity index (χ1v) is 6.49. The molecular formula is C13H11NO5S. The standard InChI is InChI=1S/C13H11NO5S/c1-6-3-2-4-7-10(17)9(13(19)20-11(6)7)12(18)14-5-8(15)16/h2-4,17H,5H2,1H3,(H,14,18)(H,15,16). The van der Waals surface area contributed by atoms with Crippen LogP contribution in [0.15, 0.2) is 23.0 Å². The normalized spacial score (nSPS) is 10.4. The highest BCUT2D eigenvalue weighted by molar-refractivity contribution is 7.16. The Labute approximate surface area is 117 Å². The number of hydrogen-bond acceptors (Lipinski definition) is 5. The van der Waals surface area contributed by atoms with E-state index < -0.39 is 34.5 Å². The van der Waals surface area contributed by atoms with Crippen molar-refractivity contribution < 1.29 is 19.8 Å². The van der Waals surface area contributed by atoms with E-state index in [0.29, 0.717) is 10.1 Å². The van der Waals surface area contributed by atoms with Gasteiger partial charge in [-0.15, -0.1) is 0 Å². The fourth-order valence-electron chi connectivity index (χ4n) is 1.79. The van der Waals surface area contributed by atoms with E-state index in [-0.39, 0.29) is 0 Å². The van der Waals surface area contributed by atoms with Gasteiger partial charge in [-0.25, -0.2) is 0 Å². The lowest BCUT2D eigenvalue weighted by Gasteiger charge is -2.07.